The number of carbonyl (C=O) groups excluding carboxylic acids is 1. The number of ether oxygens (including phenoxy) is 1. The number of rotatable bonds is 4. The van der Waals surface area contributed by atoms with Crippen molar-refractivity contribution in [1.29, 1.82) is 5.26 Å². The molecule has 4 nitrogen and oxygen atoms in total. The third-order valence-electron chi connectivity index (χ3n) is 2.95. The SMILES string of the molecule is COC(=O)c1ccc(C#N)cc1NCc1ccc(F)cc1. The first kappa shape index (κ1) is 14.5. The van der Waals surface area contributed by atoms with Crippen LogP contribution in [0.2, 0.25) is 0 Å². The predicted molar refractivity (Wildman–Crippen MR) is 76.2 cm³/mol. The second kappa shape index (κ2) is 6.53. The molecule has 2 rings (SSSR count). The Morgan fingerprint density at radius 3 is 2.62 bits per heavy atom. The van der Waals surface area contributed by atoms with Crippen LogP contribution in [0.4, 0.5) is 10.1 Å². The van der Waals surface area contributed by atoms with Crippen molar-refractivity contribution in [3.63, 3.8) is 0 Å². The number of methoxy groups -OCH3 is 1. The number of halogens is 1. The normalized spacial score (nSPS) is 9.76. The highest BCUT2D eigenvalue weighted by Gasteiger charge is 2.12. The standard InChI is InChI=1S/C16H13FN2O2/c1-21-16(20)14-7-4-12(9-18)8-15(14)19-10-11-2-5-13(17)6-3-11/h2-8,19H,10H2,1H3. The van der Waals surface area contributed by atoms with Gasteiger partial charge in [-0.25, -0.2) is 9.18 Å². The molecule has 0 amide bonds. The Morgan fingerprint density at radius 1 is 1.29 bits per heavy atom. The summed E-state index contributed by atoms with van der Waals surface area (Å²) < 4.78 is 17.6. The van der Waals surface area contributed by atoms with Gasteiger partial charge in [0, 0.05) is 6.54 Å². The Balaban J connectivity index is 2.23. The van der Waals surface area contributed by atoms with E-state index in [4.69, 9.17) is 10.00 Å². The average molecular weight is 284 g/mol. The molecule has 0 spiro atoms. The fourth-order valence-electron chi connectivity index (χ4n) is 1.85. The molecule has 0 aliphatic rings. The molecule has 0 saturated heterocycles. The lowest BCUT2D eigenvalue weighted by Gasteiger charge is -2.11. The molecule has 0 bridgehead atoms. The van der Waals surface area contributed by atoms with Gasteiger partial charge >= 0.3 is 5.97 Å². The molecule has 0 aromatic heterocycles. The van der Waals surface area contributed by atoms with E-state index in [9.17, 15) is 9.18 Å². The van der Waals surface area contributed by atoms with Crippen molar-refractivity contribution in [3.8, 4) is 6.07 Å². The number of carbonyl (C=O) groups is 1. The molecule has 0 aliphatic heterocycles. The minimum absolute atomic E-state index is 0.305. The van der Waals surface area contributed by atoms with Crippen LogP contribution in [-0.4, -0.2) is 13.1 Å². The number of nitriles is 1. The van der Waals surface area contributed by atoms with E-state index in [0.717, 1.165) is 5.56 Å². The third kappa shape index (κ3) is 3.57. The van der Waals surface area contributed by atoms with Crippen molar-refractivity contribution in [2.45, 2.75) is 6.54 Å². The van der Waals surface area contributed by atoms with Crippen molar-refractivity contribution in [2.75, 3.05) is 12.4 Å². The van der Waals surface area contributed by atoms with Crippen molar-refractivity contribution in [3.05, 3.63) is 65.0 Å². The van der Waals surface area contributed by atoms with Gasteiger partial charge in [-0.15, -0.1) is 0 Å². The summed E-state index contributed by atoms with van der Waals surface area (Å²) in [4.78, 5) is 11.7. The maximum atomic E-state index is 12.8. The van der Waals surface area contributed by atoms with Crippen LogP contribution in [0, 0.1) is 17.1 Å². The Morgan fingerprint density at radius 2 is 2.00 bits per heavy atom. The molecule has 5 heteroatoms. The number of hydrogen-bond acceptors (Lipinski definition) is 4. The van der Waals surface area contributed by atoms with Crippen LogP contribution >= 0.6 is 0 Å². The molecule has 1 N–H and O–H groups in total. The number of benzene rings is 2. The van der Waals surface area contributed by atoms with Gasteiger partial charge < -0.3 is 10.1 Å². The molecule has 21 heavy (non-hydrogen) atoms. The van der Waals surface area contributed by atoms with Gasteiger partial charge in [-0.1, -0.05) is 12.1 Å². The quantitative estimate of drug-likeness (QED) is 0.876. The molecule has 0 heterocycles. The summed E-state index contributed by atoms with van der Waals surface area (Å²) in [6.07, 6.45) is 0. The summed E-state index contributed by atoms with van der Waals surface area (Å²) >= 11 is 0. The molecule has 0 radical (unpaired) electrons. The second-order valence-corrected chi connectivity index (χ2v) is 4.34. The first-order valence-electron chi connectivity index (χ1n) is 6.25. The lowest BCUT2D eigenvalue weighted by molar-refractivity contribution is 0.0602. The second-order valence-electron chi connectivity index (χ2n) is 4.34. The van der Waals surface area contributed by atoms with Gasteiger partial charge in [0.2, 0.25) is 0 Å². The molecule has 0 saturated carbocycles. The smallest absolute Gasteiger partial charge is 0.339 e. The van der Waals surface area contributed by atoms with Crippen LogP contribution in [0.1, 0.15) is 21.5 Å². The van der Waals surface area contributed by atoms with Gasteiger partial charge in [0.05, 0.1) is 30.0 Å². The number of anilines is 1. The summed E-state index contributed by atoms with van der Waals surface area (Å²) in [5, 5.41) is 12.0. The predicted octanol–water partition coefficient (Wildman–Crippen LogP) is 3.10. The number of nitrogens with zero attached hydrogens (tertiary/aromatic N) is 1. The summed E-state index contributed by atoms with van der Waals surface area (Å²) in [6, 6.07) is 12.7. The highest BCUT2D eigenvalue weighted by atomic mass is 19.1. The summed E-state index contributed by atoms with van der Waals surface area (Å²) in [5.74, 6) is -0.790. The van der Waals surface area contributed by atoms with Gasteiger partial charge in [-0.05, 0) is 35.9 Å². The van der Waals surface area contributed by atoms with E-state index in [2.05, 4.69) is 5.32 Å². The van der Waals surface area contributed by atoms with E-state index >= 15 is 0 Å². The molecule has 2 aromatic carbocycles. The van der Waals surface area contributed by atoms with E-state index in [0.29, 0.717) is 23.4 Å². The minimum atomic E-state index is -0.485. The summed E-state index contributed by atoms with van der Waals surface area (Å²) in [7, 11) is 1.30. The van der Waals surface area contributed by atoms with Gasteiger partial charge in [-0.3, -0.25) is 0 Å². The first-order valence-corrected chi connectivity index (χ1v) is 6.25. The van der Waals surface area contributed by atoms with Crippen LogP contribution in [-0.2, 0) is 11.3 Å². The van der Waals surface area contributed by atoms with Crippen molar-refractivity contribution in [1.82, 2.24) is 0 Å². The zero-order valence-electron chi connectivity index (χ0n) is 11.4. The molecular formula is C16H13FN2O2. The zero-order chi connectivity index (χ0) is 15.2. The Hall–Kier alpha value is -2.87. The molecule has 2 aromatic rings. The van der Waals surface area contributed by atoms with Crippen LogP contribution in [0.15, 0.2) is 42.5 Å². The van der Waals surface area contributed by atoms with E-state index in [1.54, 1.807) is 24.3 Å². The van der Waals surface area contributed by atoms with E-state index in [-0.39, 0.29) is 5.82 Å². The fourth-order valence-corrected chi connectivity index (χ4v) is 1.85. The monoisotopic (exact) mass is 284 g/mol. The van der Waals surface area contributed by atoms with Crippen LogP contribution in [0.3, 0.4) is 0 Å². The van der Waals surface area contributed by atoms with E-state index < -0.39 is 5.97 Å². The van der Waals surface area contributed by atoms with E-state index in [1.807, 2.05) is 6.07 Å². The molecule has 106 valence electrons. The van der Waals surface area contributed by atoms with Crippen molar-refractivity contribution >= 4 is 11.7 Å². The average Bonchev–Trinajstić information content (AvgIpc) is 2.53. The molecule has 0 fully saturated rings. The highest BCUT2D eigenvalue weighted by molar-refractivity contribution is 5.95. The van der Waals surface area contributed by atoms with Gasteiger partial charge in [0.25, 0.3) is 0 Å². The van der Waals surface area contributed by atoms with Crippen LogP contribution in [0.25, 0.3) is 0 Å². The zero-order valence-corrected chi connectivity index (χ0v) is 11.4. The number of nitrogens with one attached hydrogen (secondary N) is 1. The third-order valence-corrected chi connectivity index (χ3v) is 2.95. The number of esters is 1. The van der Waals surface area contributed by atoms with Crippen molar-refractivity contribution in [2.24, 2.45) is 0 Å². The lowest BCUT2D eigenvalue weighted by Crippen LogP contribution is -2.08. The van der Waals surface area contributed by atoms with Crippen LogP contribution in [0.5, 0.6) is 0 Å². The lowest BCUT2D eigenvalue weighted by atomic mass is 10.1. The van der Waals surface area contributed by atoms with Gasteiger partial charge in [0.1, 0.15) is 5.82 Å². The Bertz CT molecular complexity index is 690. The van der Waals surface area contributed by atoms with Crippen molar-refractivity contribution < 1.29 is 13.9 Å². The van der Waals surface area contributed by atoms with Gasteiger partial charge in [0.15, 0.2) is 0 Å². The summed E-state index contributed by atoms with van der Waals surface area (Å²) in [5.41, 5.74) is 2.14. The largest absolute Gasteiger partial charge is 0.465 e. The van der Waals surface area contributed by atoms with Gasteiger partial charge in [-0.2, -0.15) is 5.26 Å². The molecular weight excluding hydrogens is 271 g/mol. The highest BCUT2D eigenvalue weighted by Crippen LogP contribution is 2.19. The van der Waals surface area contributed by atoms with E-state index in [1.165, 1.54) is 25.3 Å². The van der Waals surface area contributed by atoms with Crippen LogP contribution < -0.4 is 5.32 Å². The Labute approximate surface area is 121 Å². The molecule has 0 aliphatic carbocycles. The summed E-state index contributed by atoms with van der Waals surface area (Å²) in [6.45, 7) is 0.402. The molecule has 0 atom stereocenters. The maximum Gasteiger partial charge on any atom is 0.339 e. The minimum Gasteiger partial charge on any atom is -0.465 e. The first-order chi connectivity index (χ1) is 10.1. The fraction of sp³-hybridized carbons (Fsp3) is 0.125. The molecule has 0 unspecified atom stereocenters. The Kier molecular flexibility index (Phi) is 4.52. The topological polar surface area (TPSA) is 62.1 Å². The maximum absolute atomic E-state index is 12.8. The number of hydrogen-bond donors (Lipinski definition) is 1.